The number of pyridine rings is 1. The average molecular weight is 736 g/mol. The molecule has 4 N–H and O–H groups in total. The van der Waals surface area contributed by atoms with Gasteiger partial charge in [-0.1, -0.05) is 54.6 Å². The summed E-state index contributed by atoms with van der Waals surface area (Å²) in [5, 5.41) is 0. The zero-order valence-corrected chi connectivity index (χ0v) is 31.0. The third-order valence-corrected chi connectivity index (χ3v) is 11.3. The molecule has 0 saturated carbocycles. The van der Waals surface area contributed by atoms with E-state index in [0.717, 1.165) is 55.4 Å². The summed E-state index contributed by atoms with van der Waals surface area (Å²) in [4.78, 5) is 54.2. The topological polar surface area (TPSA) is 164 Å². The van der Waals surface area contributed by atoms with Crippen LogP contribution in [0.25, 0.3) is 45.1 Å². The van der Waals surface area contributed by atoms with Gasteiger partial charge < -0.3 is 28.7 Å². The zero-order chi connectivity index (χ0) is 36.9. The Morgan fingerprint density at radius 2 is 0.923 bits per heavy atom. The van der Waals surface area contributed by atoms with Crippen molar-refractivity contribution in [2.75, 3.05) is 0 Å². The van der Waals surface area contributed by atoms with Gasteiger partial charge in [-0.25, -0.2) is 15.0 Å². The molecule has 4 aromatic carbocycles. The fourth-order valence-electron chi connectivity index (χ4n) is 7.02. The van der Waals surface area contributed by atoms with Gasteiger partial charge in [0.05, 0.1) is 47.5 Å². The lowest BCUT2D eigenvalue weighted by molar-refractivity contribution is 0.369. The lowest BCUT2D eigenvalue weighted by Crippen LogP contribution is -2.09. The predicted octanol–water partition coefficient (Wildman–Crippen LogP) is 7.80. The number of hydrogen-bond donors (Lipinski definition) is 4. The zero-order valence-electron chi connectivity index (χ0n) is 29.2. The van der Waals surface area contributed by atoms with E-state index in [9.17, 15) is 28.7 Å². The van der Waals surface area contributed by atoms with Crippen molar-refractivity contribution in [1.29, 1.82) is 0 Å². The summed E-state index contributed by atoms with van der Waals surface area (Å²) in [5.74, 6) is 1.28. The molecule has 7 aromatic rings. The van der Waals surface area contributed by atoms with Gasteiger partial charge in [0.1, 0.15) is 11.4 Å². The minimum absolute atomic E-state index is 0.332. The van der Waals surface area contributed by atoms with Crippen LogP contribution >= 0.6 is 15.2 Å². The Morgan fingerprint density at radius 3 is 1.33 bits per heavy atom. The largest absolute Gasteiger partial charge is 0.329 e. The molecule has 0 spiro atoms. The Hall–Kier alpha value is -4.73. The van der Waals surface area contributed by atoms with Crippen molar-refractivity contribution in [2.45, 2.75) is 53.1 Å². The van der Waals surface area contributed by atoms with Crippen molar-refractivity contribution in [2.24, 2.45) is 0 Å². The fraction of sp³-hybridized carbons (Fsp3) is 0.205. The number of hydrogen-bond acceptors (Lipinski definition) is 5. The van der Waals surface area contributed by atoms with Gasteiger partial charge in [-0.05, 0) is 109 Å². The van der Waals surface area contributed by atoms with Crippen molar-refractivity contribution < 1.29 is 28.7 Å². The summed E-state index contributed by atoms with van der Waals surface area (Å²) < 4.78 is 28.1. The Bertz CT molecular complexity index is 2430. The molecule has 0 aliphatic carbocycles. The van der Waals surface area contributed by atoms with Crippen LogP contribution in [0.2, 0.25) is 0 Å². The molecule has 11 nitrogen and oxygen atoms in total. The summed E-state index contributed by atoms with van der Waals surface area (Å²) in [5.41, 5.74) is 11.4. The van der Waals surface area contributed by atoms with Crippen LogP contribution in [0, 0.1) is 27.7 Å². The minimum Gasteiger partial charge on any atom is -0.324 e. The lowest BCUT2D eigenvalue weighted by Gasteiger charge is -2.18. The predicted molar refractivity (Wildman–Crippen MR) is 203 cm³/mol. The highest BCUT2D eigenvalue weighted by molar-refractivity contribution is 7.51. The van der Waals surface area contributed by atoms with Crippen LogP contribution in [0.4, 0.5) is 0 Å². The minimum atomic E-state index is -4.27. The first-order chi connectivity index (χ1) is 24.7. The second-order valence-corrected chi connectivity index (χ2v) is 16.7. The van der Waals surface area contributed by atoms with Gasteiger partial charge in [-0.2, -0.15) is 0 Å². The molecule has 0 aliphatic rings. The van der Waals surface area contributed by atoms with Crippen molar-refractivity contribution in [3.8, 4) is 23.0 Å². The second-order valence-electron chi connectivity index (χ2n) is 13.4. The van der Waals surface area contributed by atoms with Gasteiger partial charge >= 0.3 is 15.2 Å². The van der Waals surface area contributed by atoms with E-state index in [4.69, 9.17) is 15.0 Å². The molecule has 266 valence electrons. The molecule has 0 saturated heterocycles. The summed E-state index contributed by atoms with van der Waals surface area (Å²) in [6.45, 7) is 8.63. The molecule has 13 heteroatoms. The highest BCUT2D eigenvalue weighted by atomic mass is 31.2. The quantitative estimate of drug-likeness (QED) is 0.103. The normalized spacial score (nSPS) is 12.3. The van der Waals surface area contributed by atoms with E-state index in [1.165, 1.54) is 0 Å². The number of imidazole rings is 2. The van der Waals surface area contributed by atoms with Gasteiger partial charge in [-0.3, -0.25) is 9.13 Å². The molecular formula is C39H39N5O6P2. The molecular weight excluding hydrogens is 696 g/mol. The van der Waals surface area contributed by atoms with Crippen LogP contribution < -0.4 is 0 Å². The maximum Gasteiger partial charge on any atom is 0.329 e. The Balaban J connectivity index is 1.35. The molecule has 7 rings (SSSR count). The molecule has 0 unspecified atom stereocenters. The van der Waals surface area contributed by atoms with Gasteiger partial charge in [0, 0.05) is 0 Å². The van der Waals surface area contributed by atoms with E-state index >= 15 is 0 Å². The first-order valence-electron chi connectivity index (χ1n) is 16.8. The molecule has 3 aromatic heterocycles. The van der Waals surface area contributed by atoms with E-state index < -0.39 is 15.2 Å². The Kier molecular flexibility index (Phi) is 9.38. The van der Waals surface area contributed by atoms with Crippen molar-refractivity contribution in [3.05, 3.63) is 136 Å². The van der Waals surface area contributed by atoms with Gasteiger partial charge in [-0.15, -0.1) is 0 Å². The Morgan fingerprint density at radius 1 is 0.519 bits per heavy atom. The van der Waals surface area contributed by atoms with Gasteiger partial charge in [0.2, 0.25) is 0 Å². The van der Waals surface area contributed by atoms with Crippen LogP contribution in [0.5, 0.6) is 0 Å². The standard InChI is InChI=1S/C39H39N5O6P2/c1-24-16-18-28(22-51(45,46)47)26(3)30(24)20-43-36-14-7-5-10-32(36)41-38(43)34-12-9-13-35(40-34)39-42-33-11-6-8-15-37(33)44(39)21-31-25(2)17-19-29(27(31)4)23-52(48,49)50/h5-19H,20-23H2,1-4H3,(H2,45,46,47)(H2,48,49,50). The van der Waals surface area contributed by atoms with E-state index in [2.05, 4.69) is 9.13 Å². The van der Waals surface area contributed by atoms with Crippen LogP contribution in [-0.2, 0) is 34.5 Å². The summed E-state index contributed by atoms with van der Waals surface area (Å²) in [6.07, 6.45) is -0.664. The van der Waals surface area contributed by atoms with E-state index in [0.29, 0.717) is 47.3 Å². The van der Waals surface area contributed by atoms with Crippen LogP contribution in [0.1, 0.15) is 44.5 Å². The number of fused-ring (bicyclic) bond motifs is 2. The highest BCUT2D eigenvalue weighted by Crippen LogP contribution is 2.42. The molecule has 0 bridgehead atoms. The van der Waals surface area contributed by atoms with Crippen LogP contribution in [-0.4, -0.2) is 43.7 Å². The van der Waals surface area contributed by atoms with E-state index in [1.807, 2.05) is 107 Å². The smallest absolute Gasteiger partial charge is 0.324 e. The lowest BCUT2D eigenvalue weighted by atomic mass is 9.98. The third kappa shape index (κ3) is 7.17. The van der Waals surface area contributed by atoms with Crippen LogP contribution in [0.15, 0.2) is 91.0 Å². The number of nitrogens with zero attached hydrogens (tertiary/aromatic N) is 5. The molecule has 3 heterocycles. The van der Waals surface area contributed by atoms with Crippen LogP contribution in [0.3, 0.4) is 0 Å². The maximum absolute atomic E-state index is 11.9. The van der Waals surface area contributed by atoms with Crippen molar-refractivity contribution >= 4 is 37.3 Å². The summed E-state index contributed by atoms with van der Waals surface area (Å²) in [6, 6.07) is 28.8. The second kappa shape index (κ2) is 13.7. The average Bonchev–Trinajstić information content (AvgIpc) is 3.65. The highest BCUT2D eigenvalue weighted by Gasteiger charge is 2.23. The monoisotopic (exact) mass is 735 g/mol. The molecule has 0 fully saturated rings. The SMILES string of the molecule is Cc1ccc(CP(=O)(O)O)c(C)c1Cn1c(-c2cccc(-c3nc4ccccc4n3Cc3c(C)ccc(CP(=O)(O)O)c3C)n2)nc2ccccc21. The fourth-order valence-corrected chi connectivity index (χ4v) is 8.59. The number of aryl methyl sites for hydroxylation is 2. The van der Waals surface area contributed by atoms with Gasteiger partial charge in [0.15, 0.2) is 11.6 Å². The maximum atomic E-state index is 11.9. The molecule has 0 aliphatic heterocycles. The van der Waals surface area contributed by atoms with Gasteiger partial charge in [0.25, 0.3) is 0 Å². The molecule has 52 heavy (non-hydrogen) atoms. The van der Waals surface area contributed by atoms with Crippen molar-refractivity contribution in [3.63, 3.8) is 0 Å². The Labute approximate surface area is 301 Å². The van der Waals surface area contributed by atoms with E-state index in [-0.39, 0.29) is 12.3 Å². The molecule has 0 atom stereocenters. The molecule has 0 radical (unpaired) electrons. The van der Waals surface area contributed by atoms with Crippen molar-refractivity contribution in [1.82, 2.24) is 24.1 Å². The third-order valence-electron chi connectivity index (χ3n) is 9.79. The number of para-hydroxylation sites is 4. The summed E-state index contributed by atoms with van der Waals surface area (Å²) >= 11 is 0. The first-order valence-corrected chi connectivity index (χ1v) is 20.4. The number of rotatable bonds is 10. The number of aromatic nitrogens is 5. The first kappa shape index (κ1) is 35.7. The molecule has 0 amide bonds. The summed E-state index contributed by atoms with van der Waals surface area (Å²) in [7, 11) is -8.55. The number of benzene rings is 4. The van der Waals surface area contributed by atoms with E-state index in [1.54, 1.807) is 12.1 Å².